The highest BCUT2D eigenvalue weighted by molar-refractivity contribution is 6.12. The van der Waals surface area contributed by atoms with Crippen molar-refractivity contribution >= 4 is 17.7 Å². The second kappa shape index (κ2) is 11.3. The van der Waals surface area contributed by atoms with Gasteiger partial charge in [0.25, 0.3) is 0 Å². The molecule has 0 unspecified atom stereocenters. The summed E-state index contributed by atoms with van der Waals surface area (Å²) in [6.07, 6.45) is 6.47. The molecule has 2 aliphatic carbocycles. The van der Waals surface area contributed by atoms with Crippen molar-refractivity contribution in [3.8, 4) is 5.75 Å². The maximum Gasteiger partial charge on any atom is 0.337 e. The molecule has 0 aromatic heterocycles. The van der Waals surface area contributed by atoms with Crippen LogP contribution < -0.4 is 10.1 Å². The first-order valence-corrected chi connectivity index (χ1v) is 13.1. The Morgan fingerprint density at radius 1 is 1.11 bits per heavy atom. The lowest BCUT2D eigenvalue weighted by Gasteiger charge is -2.38. The summed E-state index contributed by atoms with van der Waals surface area (Å²) < 4.78 is 16.8. The van der Waals surface area contributed by atoms with E-state index in [0.717, 1.165) is 49.8 Å². The van der Waals surface area contributed by atoms with Gasteiger partial charge in [0.15, 0.2) is 5.78 Å². The third-order valence-corrected chi connectivity index (χ3v) is 7.54. The summed E-state index contributed by atoms with van der Waals surface area (Å²) in [6, 6.07) is 7.48. The van der Waals surface area contributed by atoms with Gasteiger partial charge in [-0.15, -0.1) is 0 Å². The molecule has 7 heteroatoms. The van der Waals surface area contributed by atoms with Crippen molar-refractivity contribution in [1.29, 1.82) is 0 Å². The second-order valence-electron chi connectivity index (χ2n) is 10.1. The molecule has 1 aliphatic heterocycles. The zero-order valence-corrected chi connectivity index (χ0v) is 21.7. The fourth-order valence-electron chi connectivity index (χ4n) is 5.81. The van der Waals surface area contributed by atoms with Gasteiger partial charge in [0.05, 0.1) is 19.3 Å². The zero-order valence-electron chi connectivity index (χ0n) is 21.7. The molecule has 0 saturated heterocycles. The van der Waals surface area contributed by atoms with Crippen LogP contribution >= 0.6 is 0 Å². The number of hydrogen-bond donors (Lipinski definition) is 1. The van der Waals surface area contributed by atoms with E-state index in [1.54, 1.807) is 0 Å². The summed E-state index contributed by atoms with van der Waals surface area (Å²) in [5, 5.41) is 3.33. The number of carbonyl (C=O) groups excluding carboxylic acids is 3. The van der Waals surface area contributed by atoms with E-state index in [9.17, 15) is 14.4 Å². The predicted octanol–water partition coefficient (Wildman–Crippen LogP) is 4.96. The lowest BCUT2D eigenvalue weighted by Crippen LogP contribution is -2.43. The first-order valence-electron chi connectivity index (χ1n) is 13.1. The molecule has 0 radical (unpaired) electrons. The number of dihydropyridines is 1. The number of nitrogens with one attached hydrogen (secondary N) is 1. The minimum atomic E-state index is -0.911. The minimum absolute atomic E-state index is 0.129. The Balaban J connectivity index is 1.78. The smallest absolute Gasteiger partial charge is 0.337 e. The lowest BCUT2D eigenvalue weighted by molar-refractivity contribution is -0.151. The van der Waals surface area contributed by atoms with E-state index in [-0.39, 0.29) is 17.8 Å². The highest BCUT2D eigenvalue weighted by atomic mass is 16.5. The zero-order chi connectivity index (χ0) is 25.8. The number of Topliss-reactive ketones (excluding diaryl/α,β-unsaturated/α-hetero) is 1. The average Bonchev–Trinajstić information content (AvgIpc) is 3.12. The molecular formula is C29H37NO6. The van der Waals surface area contributed by atoms with Crippen molar-refractivity contribution in [2.75, 3.05) is 13.7 Å². The Kier molecular flexibility index (Phi) is 8.17. The largest absolute Gasteiger partial charge is 0.494 e. The summed E-state index contributed by atoms with van der Waals surface area (Å²) >= 11 is 0. The van der Waals surface area contributed by atoms with Crippen LogP contribution in [-0.2, 0) is 23.9 Å². The third kappa shape index (κ3) is 5.20. The number of esters is 2. The predicted molar refractivity (Wildman–Crippen MR) is 135 cm³/mol. The van der Waals surface area contributed by atoms with Crippen LogP contribution in [0.3, 0.4) is 0 Å². The molecule has 1 heterocycles. The molecular weight excluding hydrogens is 458 g/mol. The average molecular weight is 496 g/mol. The number of methoxy groups -OCH3 is 1. The first-order chi connectivity index (χ1) is 17.3. The van der Waals surface area contributed by atoms with Gasteiger partial charge in [0, 0.05) is 22.9 Å². The van der Waals surface area contributed by atoms with Gasteiger partial charge in [-0.25, -0.2) is 4.79 Å². The first kappa shape index (κ1) is 26.0. The Morgan fingerprint density at radius 3 is 2.50 bits per heavy atom. The summed E-state index contributed by atoms with van der Waals surface area (Å²) in [5.74, 6) is -2.40. The summed E-state index contributed by atoms with van der Waals surface area (Å²) in [6.45, 7) is 6.14. The maximum atomic E-state index is 13.9. The SMILES string of the molecule is CCOc1cccc([C@H]2C(C(=O)OC3CCCCCC3)=C(C)NC3=C2C(=O)[C@@H](C(=O)OC)[C@H](C)C3)c1. The molecule has 7 nitrogen and oxygen atoms in total. The van der Waals surface area contributed by atoms with Crippen molar-refractivity contribution in [3.63, 3.8) is 0 Å². The van der Waals surface area contributed by atoms with Gasteiger partial charge in [-0.2, -0.15) is 0 Å². The topological polar surface area (TPSA) is 90.9 Å². The molecule has 1 aromatic carbocycles. The molecule has 3 aliphatic rings. The van der Waals surface area contributed by atoms with Gasteiger partial charge >= 0.3 is 11.9 Å². The van der Waals surface area contributed by atoms with Crippen molar-refractivity contribution in [2.45, 2.75) is 77.7 Å². The molecule has 1 fully saturated rings. The van der Waals surface area contributed by atoms with E-state index in [0.29, 0.717) is 35.6 Å². The highest BCUT2D eigenvalue weighted by Crippen LogP contribution is 2.46. The van der Waals surface area contributed by atoms with Crippen LogP contribution in [0.15, 0.2) is 46.8 Å². The number of carbonyl (C=O) groups is 3. The van der Waals surface area contributed by atoms with Crippen LogP contribution in [0, 0.1) is 11.8 Å². The lowest BCUT2D eigenvalue weighted by atomic mass is 9.69. The van der Waals surface area contributed by atoms with Gasteiger partial charge in [0.1, 0.15) is 17.8 Å². The van der Waals surface area contributed by atoms with Crippen LogP contribution in [0.2, 0.25) is 0 Å². The van der Waals surface area contributed by atoms with Crippen LogP contribution in [0.5, 0.6) is 5.75 Å². The Morgan fingerprint density at radius 2 is 1.83 bits per heavy atom. The van der Waals surface area contributed by atoms with Crippen LogP contribution in [0.4, 0.5) is 0 Å². The minimum Gasteiger partial charge on any atom is -0.494 e. The quantitative estimate of drug-likeness (QED) is 0.339. The third-order valence-electron chi connectivity index (χ3n) is 7.54. The van der Waals surface area contributed by atoms with E-state index in [1.807, 2.05) is 45.0 Å². The van der Waals surface area contributed by atoms with Gasteiger partial charge in [-0.05, 0) is 69.6 Å². The van der Waals surface area contributed by atoms with Gasteiger partial charge in [0.2, 0.25) is 0 Å². The van der Waals surface area contributed by atoms with Crippen LogP contribution in [-0.4, -0.2) is 37.5 Å². The summed E-state index contributed by atoms with van der Waals surface area (Å²) in [7, 11) is 1.30. The summed E-state index contributed by atoms with van der Waals surface area (Å²) in [4.78, 5) is 40.2. The number of benzene rings is 1. The van der Waals surface area contributed by atoms with E-state index >= 15 is 0 Å². The van der Waals surface area contributed by atoms with Crippen LogP contribution in [0.1, 0.15) is 77.2 Å². The standard InChI is InChI=1S/C29H37NO6/c1-5-35-21-14-10-11-19(16-21)25-24(29(33)36-20-12-8-6-7-9-13-20)18(3)30-22-15-17(2)23(28(32)34-4)27(31)26(22)25/h10-11,14,16-17,20,23,25,30H,5-9,12-13,15H2,1-4H3/t17-,23+,25+/m1/s1. The van der Waals surface area contributed by atoms with Crippen molar-refractivity contribution in [1.82, 2.24) is 5.32 Å². The van der Waals surface area contributed by atoms with E-state index in [4.69, 9.17) is 14.2 Å². The number of ketones is 1. The number of ether oxygens (including phenoxy) is 3. The highest BCUT2D eigenvalue weighted by Gasteiger charge is 2.47. The van der Waals surface area contributed by atoms with Crippen LogP contribution in [0.25, 0.3) is 0 Å². The van der Waals surface area contributed by atoms with Crippen molar-refractivity contribution in [3.05, 3.63) is 52.4 Å². The number of hydrogen-bond acceptors (Lipinski definition) is 7. The van der Waals surface area contributed by atoms with E-state index < -0.39 is 23.8 Å². The van der Waals surface area contributed by atoms with E-state index in [1.165, 1.54) is 7.11 Å². The van der Waals surface area contributed by atoms with Gasteiger partial charge < -0.3 is 19.5 Å². The molecule has 0 amide bonds. The number of allylic oxidation sites excluding steroid dienone is 3. The monoisotopic (exact) mass is 495 g/mol. The van der Waals surface area contributed by atoms with Gasteiger partial charge in [-0.1, -0.05) is 31.9 Å². The van der Waals surface area contributed by atoms with E-state index in [2.05, 4.69) is 5.32 Å². The molecule has 3 atom stereocenters. The second-order valence-corrected chi connectivity index (χ2v) is 10.1. The molecule has 1 saturated carbocycles. The van der Waals surface area contributed by atoms with Crippen molar-refractivity contribution in [2.24, 2.45) is 11.8 Å². The molecule has 194 valence electrons. The molecule has 36 heavy (non-hydrogen) atoms. The maximum absolute atomic E-state index is 13.9. The molecule has 4 rings (SSSR count). The molecule has 1 aromatic rings. The molecule has 0 bridgehead atoms. The molecule has 1 N–H and O–H groups in total. The Hall–Kier alpha value is -3.09. The normalized spacial score (nSPS) is 25.0. The fourth-order valence-corrected chi connectivity index (χ4v) is 5.81. The number of rotatable bonds is 6. The van der Waals surface area contributed by atoms with Crippen molar-refractivity contribution < 1.29 is 28.6 Å². The summed E-state index contributed by atoms with van der Waals surface area (Å²) in [5.41, 5.74) is 3.04. The Labute approximate surface area is 213 Å². The Bertz CT molecular complexity index is 1080. The molecule has 0 spiro atoms. The van der Waals surface area contributed by atoms with Gasteiger partial charge in [-0.3, -0.25) is 9.59 Å². The fraction of sp³-hybridized carbons (Fsp3) is 0.552.